The predicted octanol–water partition coefficient (Wildman–Crippen LogP) is 2.23. The summed E-state index contributed by atoms with van der Waals surface area (Å²) in [5.41, 5.74) is 4.51. The minimum atomic E-state index is 1.13. The molecule has 68 valence electrons. The summed E-state index contributed by atoms with van der Waals surface area (Å²) >= 11 is 0. The lowest BCUT2D eigenvalue weighted by Crippen LogP contribution is -2.02. The summed E-state index contributed by atoms with van der Waals surface area (Å²) in [6.07, 6.45) is 4.50. The molecule has 0 aliphatic heterocycles. The molecule has 13 heavy (non-hydrogen) atoms. The van der Waals surface area contributed by atoms with Gasteiger partial charge >= 0.3 is 0 Å². The molecule has 0 saturated heterocycles. The van der Waals surface area contributed by atoms with E-state index in [9.17, 15) is 0 Å². The summed E-state index contributed by atoms with van der Waals surface area (Å²) < 4.78 is 0. The lowest BCUT2D eigenvalue weighted by Gasteiger charge is -2.05. The maximum Gasteiger partial charge on any atom is 0.00556 e. The molecule has 1 aromatic carbocycles. The normalized spacial score (nSPS) is 14.2. The van der Waals surface area contributed by atoms with Crippen LogP contribution in [0.5, 0.6) is 0 Å². The van der Waals surface area contributed by atoms with Gasteiger partial charge in [-0.3, -0.25) is 0 Å². The van der Waals surface area contributed by atoms with Crippen molar-refractivity contribution < 1.29 is 0 Å². The Morgan fingerprint density at radius 2 is 1.62 bits per heavy atom. The molecule has 1 heteroatoms. The van der Waals surface area contributed by atoms with Gasteiger partial charge in [-0.1, -0.05) is 24.3 Å². The van der Waals surface area contributed by atoms with Gasteiger partial charge in [0.25, 0.3) is 0 Å². The van der Waals surface area contributed by atoms with Crippen LogP contribution < -0.4 is 0 Å². The average molecular weight is 173 g/mol. The monoisotopic (exact) mass is 173 g/mol. The van der Waals surface area contributed by atoms with Crippen LogP contribution in [0.1, 0.15) is 11.1 Å². The van der Waals surface area contributed by atoms with Crippen LogP contribution in [0.25, 0.3) is 0 Å². The van der Waals surface area contributed by atoms with Gasteiger partial charge in [0.1, 0.15) is 0 Å². The molecule has 1 aliphatic rings. The Morgan fingerprint density at radius 1 is 1.08 bits per heavy atom. The van der Waals surface area contributed by atoms with E-state index in [1.165, 1.54) is 16.7 Å². The van der Waals surface area contributed by atoms with Crippen LogP contribution in [0.15, 0.2) is 36.0 Å². The highest BCUT2D eigenvalue weighted by Crippen LogP contribution is 2.25. The van der Waals surface area contributed by atoms with Gasteiger partial charge in [0.05, 0.1) is 0 Å². The fraction of sp³-hybridized carbons (Fsp3) is 0.333. The van der Waals surface area contributed by atoms with E-state index in [-0.39, 0.29) is 0 Å². The second kappa shape index (κ2) is 3.25. The summed E-state index contributed by atoms with van der Waals surface area (Å²) in [7, 11) is 4.16. The van der Waals surface area contributed by atoms with Crippen molar-refractivity contribution in [2.45, 2.75) is 12.8 Å². The molecule has 0 atom stereocenters. The van der Waals surface area contributed by atoms with Gasteiger partial charge in [-0.15, -0.1) is 0 Å². The van der Waals surface area contributed by atoms with E-state index in [4.69, 9.17) is 0 Å². The Kier molecular flexibility index (Phi) is 2.09. The largest absolute Gasteiger partial charge is 0.384 e. The van der Waals surface area contributed by atoms with E-state index in [0.717, 1.165) is 12.8 Å². The van der Waals surface area contributed by atoms with Crippen molar-refractivity contribution in [1.29, 1.82) is 0 Å². The van der Waals surface area contributed by atoms with Crippen LogP contribution in [-0.2, 0) is 12.8 Å². The average Bonchev–Trinajstić information content (AvgIpc) is 2.44. The van der Waals surface area contributed by atoms with Gasteiger partial charge < -0.3 is 4.90 Å². The van der Waals surface area contributed by atoms with Crippen molar-refractivity contribution in [1.82, 2.24) is 4.90 Å². The van der Waals surface area contributed by atoms with E-state index in [0.29, 0.717) is 0 Å². The molecular formula is C12H15N. The quantitative estimate of drug-likeness (QED) is 0.629. The van der Waals surface area contributed by atoms with Crippen molar-refractivity contribution in [3.63, 3.8) is 0 Å². The van der Waals surface area contributed by atoms with Crippen molar-refractivity contribution in [3.8, 4) is 0 Å². The fourth-order valence-corrected chi connectivity index (χ4v) is 1.91. The Morgan fingerprint density at radius 3 is 2.08 bits per heavy atom. The van der Waals surface area contributed by atoms with E-state index in [2.05, 4.69) is 49.5 Å². The molecule has 0 N–H and O–H groups in total. The van der Waals surface area contributed by atoms with Gasteiger partial charge in [0.2, 0.25) is 0 Å². The predicted molar refractivity (Wildman–Crippen MR) is 55.6 cm³/mol. The fourth-order valence-electron chi connectivity index (χ4n) is 1.91. The SMILES string of the molecule is CN(C)C=C1Cc2ccccc2C1. The lowest BCUT2D eigenvalue weighted by molar-refractivity contribution is 0.556. The summed E-state index contributed by atoms with van der Waals surface area (Å²) in [5.74, 6) is 0. The van der Waals surface area contributed by atoms with Crippen molar-refractivity contribution in [3.05, 3.63) is 47.2 Å². The molecule has 0 fully saturated rings. The number of hydrogen-bond donors (Lipinski definition) is 0. The molecule has 2 rings (SSSR count). The highest BCUT2D eigenvalue weighted by atomic mass is 15.0. The third kappa shape index (κ3) is 1.74. The molecule has 0 radical (unpaired) electrons. The molecule has 0 aromatic heterocycles. The van der Waals surface area contributed by atoms with Crippen LogP contribution in [0.2, 0.25) is 0 Å². The van der Waals surface area contributed by atoms with E-state index in [1.807, 2.05) is 0 Å². The Hall–Kier alpha value is -1.24. The van der Waals surface area contributed by atoms with E-state index < -0.39 is 0 Å². The standard InChI is InChI=1S/C12H15N/c1-13(2)9-10-7-11-5-3-4-6-12(11)8-10/h3-6,9H,7-8H2,1-2H3. The Bertz CT molecular complexity index is 310. The first kappa shape index (κ1) is 8.36. The first-order valence-electron chi connectivity index (χ1n) is 4.68. The zero-order valence-corrected chi connectivity index (χ0v) is 8.25. The van der Waals surface area contributed by atoms with Gasteiger partial charge in [0, 0.05) is 14.1 Å². The molecular weight excluding hydrogens is 158 g/mol. The molecule has 0 saturated carbocycles. The van der Waals surface area contributed by atoms with Gasteiger partial charge in [-0.25, -0.2) is 0 Å². The van der Waals surface area contributed by atoms with Crippen molar-refractivity contribution in [2.75, 3.05) is 14.1 Å². The van der Waals surface area contributed by atoms with E-state index >= 15 is 0 Å². The topological polar surface area (TPSA) is 3.24 Å². The highest BCUT2D eigenvalue weighted by molar-refractivity contribution is 5.40. The summed E-state index contributed by atoms with van der Waals surface area (Å²) in [6.45, 7) is 0. The smallest absolute Gasteiger partial charge is 0.00556 e. The first-order chi connectivity index (χ1) is 6.25. The Balaban J connectivity index is 2.23. The molecule has 1 aromatic rings. The van der Waals surface area contributed by atoms with Crippen LogP contribution in [-0.4, -0.2) is 19.0 Å². The number of allylic oxidation sites excluding steroid dienone is 1. The van der Waals surface area contributed by atoms with Crippen LogP contribution in [0.4, 0.5) is 0 Å². The van der Waals surface area contributed by atoms with Crippen LogP contribution in [0.3, 0.4) is 0 Å². The summed E-state index contributed by atoms with van der Waals surface area (Å²) in [4.78, 5) is 2.13. The molecule has 1 aliphatic carbocycles. The summed E-state index contributed by atoms with van der Waals surface area (Å²) in [6, 6.07) is 8.70. The van der Waals surface area contributed by atoms with Crippen LogP contribution in [0, 0.1) is 0 Å². The second-order valence-electron chi connectivity index (χ2n) is 3.87. The van der Waals surface area contributed by atoms with Crippen molar-refractivity contribution >= 4 is 0 Å². The molecule has 0 unspecified atom stereocenters. The molecule has 0 bridgehead atoms. The minimum absolute atomic E-state index is 1.13. The molecule has 0 heterocycles. The maximum absolute atomic E-state index is 2.24. The van der Waals surface area contributed by atoms with Crippen LogP contribution >= 0.6 is 0 Å². The Labute approximate surface area is 79.7 Å². The minimum Gasteiger partial charge on any atom is -0.384 e. The zero-order valence-electron chi connectivity index (χ0n) is 8.25. The highest BCUT2D eigenvalue weighted by Gasteiger charge is 2.13. The second-order valence-corrected chi connectivity index (χ2v) is 3.87. The number of fused-ring (bicyclic) bond motifs is 1. The van der Waals surface area contributed by atoms with Crippen molar-refractivity contribution in [2.24, 2.45) is 0 Å². The number of hydrogen-bond acceptors (Lipinski definition) is 1. The lowest BCUT2D eigenvalue weighted by atomic mass is 10.1. The maximum atomic E-state index is 2.24. The summed E-state index contributed by atoms with van der Waals surface area (Å²) in [5, 5.41) is 0. The number of benzene rings is 1. The molecule has 0 spiro atoms. The number of rotatable bonds is 1. The van der Waals surface area contributed by atoms with Gasteiger partial charge in [-0.05, 0) is 35.7 Å². The van der Waals surface area contributed by atoms with Gasteiger partial charge in [0.15, 0.2) is 0 Å². The molecule has 1 nitrogen and oxygen atoms in total. The first-order valence-corrected chi connectivity index (χ1v) is 4.68. The number of nitrogens with zero attached hydrogens (tertiary/aromatic N) is 1. The van der Waals surface area contributed by atoms with Gasteiger partial charge in [-0.2, -0.15) is 0 Å². The molecule has 0 amide bonds. The van der Waals surface area contributed by atoms with E-state index in [1.54, 1.807) is 0 Å². The zero-order chi connectivity index (χ0) is 9.26. The third-order valence-corrected chi connectivity index (χ3v) is 2.39. The third-order valence-electron chi connectivity index (χ3n) is 2.39.